The zero-order chi connectivity index (χ0) is 17.6. The van der Waals surface area contributed by atoms with Gasteiger partial charge in [-0.2, -0.15) is 0 Å². The number of fused-ring (bicyclic) bond motifs is 2. The fourth-order valence-corrected chi connectivity index (χ4v) is 3.31. The number of benzene rings is 1. The van der Waals surface area contributed by atoms with Crippen LogP contribution in [0.1, 0.15) is 40.1 Å². The first kappa shape index (κ1) is 15.6. The fraction of sp³-hybridized carbons (Fsp3) is 0.316. The summed E-state index contributed by atoms with van der Waals surface area (Å²) >= 11 is 0. The van der Waals surface area contributed by atoms with Gasteiger partial charge in [0.25, 0.3) is 5.91 Å². The van der Waals surface area contributed by atoms with Gasteiger partial charge in [0, 0.05) is 35.6 Å². The molecule has 6 nitrogen and oxygen atoms in total. The molecule has 0 radical (unpaired) electrons. The van der Waals surface area contributed by atoms with Gasteiger partial charge in [0.1, 0.15) is 17.3 Å². The quantitative estimate of drug-likeness (QED) is 0.798. The maximum atomic E-state index is 13.0. The Kier molecular flexibility index (Phi) is 3.67. The molecule has 0 unspecified atom stereocenters. The van der Waals surface area contributed by atoms with E-state index in [-0.39, 0.29) is 5.91 Å². The number of hydrogen-bond acceptors (Lipinski definition) is 4. The second-order valence-electron chi connectivity index (χ2n) is 6.31. The molecule has 128 valence electrons. The molecule has 1 aromatic carbocycles. The number of rotatable bonds is 3. The second-order valence-corrected chi connectivity index (χ2v) is 6.31. The number of nitrogens with zero attached hydrogens (tertiary/aromatic N) is 3. The summed E-state index contributed by atoms with van der Waals surface area (Å²) in [6.45, 7) is 5.07. The number of aromatic amines is 1. The molecule has 0 atom stereocenters. The molecule has 1 N–H and O–H groups in total. The number of aryl methyl sites for hydroxylation is 2. The number of amides is 1. The number of aromatic nitrogens is 3. The molecule has 2 aromatic heterocycles. The highest BCUT2D eigenvalue weighted by Gasteiger charge is 2.28. The highest BCUT2D eigenvalue weighted by atomic mass is 16.5. The van der Waals surface area contributed by atoms with Crippen molar-refractivity contribution in [2.24, 2.45) is 0 Å². The first-order valence-electron chi connectivity index (χ1n) is 8.40. The van der Waals surface area contributed by atoms with Crippen LogP contribution in [0.15, 0.2) is 24.4 Å². The van der Waals surface area contributed by atoms with E-state index in [4.69, 9.17) is 4.74 Å². The van der Waals surface area contributed by atoms with E-state index in [2.05, 4.69) is 15.0 Å². The van der Waals surface area contributed by atoms with E-state index >= 15 is 0 Å². The van der Waals surface area contributed by atoms with E-state index in [0.717, 1.165) is 45.7 Å². The minimum atomic E-state index is -0.0104. The van der Waals surface area contributed by atoms with Crippen molar-refractivity contribution in [3.05, 3.63) is 52.7 Å². The van der Waals surface area contributed by atoms with Crippen molar-refractivity contribution in [1.82, 2.24) is 19.9 Å². The van der Waals surface area contributed by atoms with Gasteiger partial charge in [0.15, 0.2) is 0 Å². The Morgan fingerprint density at radius 1 is 1.36 bits per heavy atom. The topological polar surface area (TPSA) is 71.1 Å². The Morgan fingerprint density at radius 2 is 2.20 bits per heavy atom. The van der Waals surface area contributed by atoms with Gasteiger partial charge >= 0.3 is 0 Å². The maximum Gasteiger partial charge on any atom is 0.271 e. The minimum Gasteiger partial charge on any atom is -0.497 e. The molecule has 3 heterocycles. The molecule has 4 rings (SSSR count). The van der Waals surface area contributed by atoms with Crippen LogP contribution < -0.4 is 4.74 Å². The number of methoxy groups -OCH3 is 1. The van der Waals surface area contributed by atoms with E-state index in [9.17, 15) is 4.79 Å². The Bertz CT molecular complexity index is 977. The van der Waals surface area contributed by atoms with Gasteiger partial charge in [-0.15, -0.1) is 0 Å². The average Bonchev–Trinajstić information content (AvgIpc) is 3.21. The average molecular weight is 336 g/mol. The van der Waals surface area contributed by atoms with Gasteiger partial charge < -0.3 is 14.6 Å². The number of carbonyl (C=O) groups is 1. The maximum absolute atomic E-state index is 13.0. The highest BCUT2D eigenvalue weighted by Crippen LogP contribution is 2.29. The highest BCUT2D eigenvalue weighted by molar-refractivity contribution is 6.01. The van der Waals surface area contributed by atoms with Crippen molar-refractivity contribution < 1.29 is 9.53 Å². The third-order valence-corrected chi connectivity index (χ3v) is 4.79. The van der Waals surface area contributed by atoms with Crippen LogP contribution in [-0.2, 0) is 19.5 Å². The Hall–Kier alpha value is -2.89. The molecule has 0 saturated heterocycles. The zero-order valence-corrected chi connectivity index (χ0v) is 14.6. The van der Waals surface area contributed by atoms with Crippen LogP contribution in [-0.4, -0.2) is 32.9 Å². The molecule has 0 fully saturated rings. The molecule has 1 aliphatic heterocycles. The summed E-state index contributed by atoms with van der Waals surface area (Å²) in [5.41, 5.74) is 4.48. The molecule has 1 amide bonds. The molecule has 3 aromatic rings. The molecular formula is C19H20N4O2. The van der Waals surface area contributed by atoms with Gasteiger partial charge in [-0.25, -0.2) is 9.97 Å². The monoisotopic (exact) mass is 336 g/mol. The Morgan fingerprint density at radius 3 is 2.96 bits per heavy atom. The minimum absolute atomic E-state index is 0.0104. The lowest BCUT2D eigenvalue weighted by Crippen LogP contribution is -2.26. The van der Waals surface area contributed by atoms with Crippen molar-refractivity contribution in [3.63, 3.8) is 0 Å². The first-order chi connectivity index (χ1) is 12.1. The molecule has 0 spiro atoms. The van der Waals surface area contributed by atoms with Crippen molar-refractivity contribution in [2.45, 2.75) is 33.4 Å². The number of hydrogen-bond donors (Lipinski definition) is 1. The molecule has 1 aliphatic rings. The van der Waals surface area contributed by atoms with E-state index in [1.807, 2.05) is 43.1 Å². The third kappa shape index (κ3) is 2.54. The first-order valence-corrected chi connectivity index (χ1v) is 8.40. The van der Waals surface area contributed by atoms with E-state index in [0.29, 0.717) is 18.8 Å². The van der Waals surface area contributed by atoms with Crippen molar-refractivity contribution in [2.75, 3.05) is 7.11 Å². The summed E-state index contributed by atoms with van der Waals surface area (Å²) in [7, 11) is 1.64. The Balaban J connectivity index is 1.66. The van der Waals surface area contributed by atoms with Crippen molar-refractivity contribution >= 4 is 16.8 Å². The van der Waals surface area contributed by atoms with Crippen LogP contribution in [0.5, 0.6) is 5.75 Å². The van der Waals surface area contributed by atoms with Crippen LogP contribution in [0.2, 0.25) is 0 Å². The number of carbonyl (C=O) groups excluding carboxylic acids is 1. The summed E-state index contributed by atoms with van der Waals surface area (Å²) in [6.07, 6.45) is 2.64. The van der Waals surface area contributed by atoms with Crippen molar-refractivity contribution in [3.8, 4) is 5.75 Å². The summed E-state index contributed by atoms with van der Waals surface area (Å²) < 4.78 is 5.29. The lowest BCUT2D eigenvalue weighted by Gasteiger charge is -2.14. The van der Waals surface area contributed by atoms with Crippen LogP contribution >= 0.6 is 0 Å². The van der Waals surface area contributed by atoms with E-state index in [1.165, 1.54) is 0 Å². The predicted octanol–water partition coefficient (Wildman–Crippen LogP) is 2.99. The summed E-state index contributed by atoms with van der Waals surface area (Å²) in [6, 6.07) is 5.78. The lowest BCUT2D eigenvalue weighted by atomic mass is 10.1. The normalized spacial score (nSPS) is 13.3. The smallest absolute Gasteiger partial charge is 0.271 e. The van der Waals surface area contributed by atoms with Gasteiger partial charge in [-0.3, -0.25) is 4.79 Å². The van der Waals surface area contributed by atoms with Gasteiger partial charge in [0.2, 0.25) is 0 Å². The summed E-state index contributed by atoms with van der Waals surface area (Å²) in [5, 5.41) is 1.01. The second kappa shape index (κ2) is 5.88. The van der Waals surface area contributed by atoms with Gasteiger partial charge in [-0.1, -0.05) is 6.92 Å². The molecule has 6 heteroatoms. The predicted molar refractivity (Wildman–Crippen MR) is 94.6 cm³/mol. The molecule has 0 saturated carbocycles. The van der Waals surface area contributed by atoms with E-state index < -0.39 is 0 Å². The van der Waals surface area contributed by atoms with Crippen LogP contribution in [0.3, 0.4) is 0 Å². The number of ether oxygens (including phenoxy) is 1. The number of H-pyrrole nitrogens is 1. The van der Waals surface area contributed by atoms with Crippen LogP contribution in [0.4, 0.5) is 0 Å². The van der Waals surface area contributed by atoms with Gasteiger partial charge in [0.05, 0.1) is 19.3 Å². The molecular weight excluding hydrogens is 316 g/mol. The summed E-state index contributed by atoms with van der Waals surface area (Å²) in [5.74, 6) is 1.59. The summed E-state index contributed by atoms with van der Waals surface area (Å²) in [4.78, 5) is 27.0. The molecule has 25 heavy (non-hydrogen) atoms. The molecule has 0 aliphatic carbocycles. The Labute approximate surface area is 145 Å². The van der Waals surface area contributed by atoms with Crippen LogP contribution in [0, 0.1) is 6.92 Å². The fourth-order valence-electron chi connectivity index (χ4n) is 3.31. The van der Waals surface area contributed by atoms with E-state index in [1.54, 1.807) is 7.11 Å². The molecule has 0 bridgehead atoms. The van der Waals surface area contributed by atoms with Crippen molar-refractivity contribution in [1.29, 1.82) is 0 Å². The van der Waals surface area contributed by atoms with Gasteiger partial charge in [-0.05, 0) is 30.7 Å². The number of nitrogens with one attached hydrogen (secondary N) is 1. The lowest BCUT2D eigenvalue weighted by molar-refractivity contribution is 0.0744. The zero-order valence-electron chi connectivity index (χ0n) is 14.6. The SMILES string of the molecule is CCc1ncc2c(n1)CN(C(=O)c1[nH]c3ccc(OC)cc3c1C)C2. The standard InChI is InChI=1S/C19H20N4O2/c1-4-17-20-8-12-9-23(10-16(12)21-17)19(24)18-11(2)14-7-13(25-3)5-6-15(14)22-18/h5-8,22H,4,9-10H2,1-3H3. The van der Waals surface area contributed by atoms with Crippen LogP contribution in [0.25, 0.3) is 10.9 Å². The third-order valence-electron chi connectivity index (χ3n) is 4.79. The largest absolute Gasteiger partial charge is 0.497 e.